The molecule has 8 rings (SSSR count). The molecule has 1 aliphatic carbocycles. The van der Waals surface area contributed by atoms with Crippen LogP contribution in [-0.2, 0) is 9.59 Å². The largest absolute Gasteiger partial charge is 0.489 e. The van der Waals surface area contributed by atoms with Crippen molar-refractivity contribution in [1.29, 1.82) is 5.26 Å². The van der Waals surface area contributed by atoms with Gasteiger partial charge in [-0.2, -0.15) is 5.26 Å². The number of fused-ring (bicyclic) bond motifs is 1. The molecule has 3 aromatic rings. The van der Waals surface area contributed by atoms with Crippen LogP contribution in [0.2, 0.25) is 0 Å². The third kappa shape index (κ3) is 6.99. The summed E-state index contributed by atoms with van der Waals surface area (Å²) in [6, 6.07) is 17.3. The summed E-state index contributed by atoms with van der Waals surface area (Å²) in [5.41, 5.74) is 2.49. The van der Waals surface area contributed by atoms with Crippen LogP contribution < -0.4 is 25.2 Å². The number of rotatable bonds is 8. The third-order valence-electron chi connectivity index (χ3n) is 13.4. The monoisotopic (exact) mass is 803 g/mol. The third-order valence-corrected chi connectivity index (χ3v) is 13.4. The number of nitrogens with one attached hydrogen (secondary N) is 2. The van der Waals surface area contributed by atoms with Crippen molar-refractivity contribution in [2.45, 2.75) is 84.5 Å². The summed E-state index contributed by atoms with van der Waals surface area (Å²) >= 11 is 0. The van der Waals surface area contributed by atoms with Gasteiger partial charge in [0, 0.05) is 91.1 Å². The number of benzene rings is 3. The number of piperazine rings is 1. The number of amides is 5. The number of hydrogen-bond acceptors (Lipinski definition) is 10. The predicted octanol–water partition coefficient (Wildman–Crippen LogP) is 4.81. The lowest BCUT2D eigenvalue weighted by molar-refractivity contribution is -0.164. The molecular formula is C45H50FN7O6. The van der Waals surface area contributed by atoms with Crippen LogP contribution in [0.15, 0.2) is 54.6 Å². The molecule has 14 heteroatoms. The molecule has 4 aliphatic heterocycles. The van der Waals surface area contributed by atoms with E-state index in [2.05, 4.69) is 25.3 Å². The van der Waals surface area contributed by atoms with Gasteiger partial charge >= 0.3 is 0 Å². The first-order chi connectivity index (χ1) is 28.1. The highest BCUT2D eigenvalue weighted by molar-refractivity contribution is 6.23. The first-order valence-corrected chi connectivity index (χ1v) is 20.5. The number of hydrogen-bond donors (Lipinski definition) is 2. The zero-order valence-corrected chi connectivity index (χ0v) is 34.1. The Hall–Kier alpha value is -5.81. The van der Waals surface area contributed by atoms with E-state index in [-0.39, 0.29) is 42.0 Å². The number of imide groups is 2. The summed E-state index contributed by atoms with van der Waals surface area (Å²) in [6.07, 6.45) is 1.84. The molecule has 4 heterocycles. The van der Waals surface area contributed by atoms with Crippen LogP contribution in [0.1, 0.15) is 95.6 Å². The summed E-state index contributed by atoms with van der Waals surface area (Å²) in [5, 5.41) is 14.7. The van der Waals surface area contributed by atoms with Crippen LogP contribution in [0.3, 0.4) is 0 Å². The molecule has 3 saturated heterocycles. The van der Waals surface area contributed by atoms with Crippen LogP contribution in [0, 0.1) is 34.9 Å². The zero-order chi connectivity index (χ0) is 42.0. The molecule has 2 N–H and O–H groups in total. The van der Waals surface area contributed by atoms with Gasteiger partial charge in [0.05, 0.1) is 16.7 Å². The van der Waals surface area contributed by atoms with Gasteiger partial charge in [0.25, 0.3) is 17.7 Å². The van der Waals surface area contributed by atoms with E-state index in [0.717, 1.165) is 68.4 Å². The van der Waals surface area contributed by atoms with Crippen molar-refractivity contribution in [2.24, 2.45) is 10.8 Å². The first kappa shape index (κ1) is 40.0. The van der Waals surface area contributed by atoms with Gasteiger partial charge in [-0.25, -0.2) is 4.39 Å². The minimum absolute atomic E-state index is 0.0194. The fourth-order valence-corrected chi connectivity index (χ4v) is 10.3. The summed E-state index contributed by atoms with van der Waals surface area (Å²) in [6.45, 7) is 15.0. The summed E-state index contributed by atoms with van der Waals surface area (Å²) in [4.78, 5) is 72.3. The second-order valence-electron chi connectivity index (χ2n) is 17.7. The van der Waals surface area contributed by atoms with Crippen molar-refractivity contribution < 1.29 is 33.1 Å². The number of ether oxygens (including phenoxy) is 1. The number of halogens is 1. The Kier molecular flexibility index (Phi) is 10.2. The predicted molar refractivity (Wildman–Crippen MR) is 218 cm³/mol. The van der Waals surface area contributed by atoms with Crippen molar-refractivity contribution in [2.75, 3.05) is 49.1 Å². The van der Waals surface area contributed by atoms with E-state index in [9.17, 15) is 33.6 Å². The van der Waals surface area contributed by atoms with E-state index in [1.807, 2.05) is 64.1 Å². The van der Waals surface area contributed by atoms with Crippen molar-refractivity contribution in [1.82, 2.24) is 20.4 Å². The Morgan fingerprint density at radius 2 is 1.46 bits per heavy atom. The van der Waals surface area contributed by atoms with E-state index >= 15 is 0 Å². The zero-order valence-electron chi connectivity index (χ0n) is 34.1. The number of nitrogens with zero attached hydrogens (tertiary/aromatic N) is 5. The van der Waals surface area contributed by atoms with Gasteiger partial charge in [-0.05, 0) is 80.8 Å². The quantitative estimate of drug-likeness (QED) is 0.304. The van der Waals surface area contributed by atoms with Crippen molar-refractivity contribution in [3.63, 3.8) is 0 Å². The number of carbonyl (C=O) groups excluding carboxylic acids is 5. The second-order valence-corrected chi connectivity index (χ2v) is 17.7. The molecule has 0 bridgehead atoms. The Morgan fingerprint density at radius 3 is 2.10 bits per heavy atom. The van der Waals surface area contributed by atoms with Crippen molar-refractivity contribution >= 4 is 40.9 Å². The van der Waals surface area contributed by atoms with Crippen molar-refractivity contribution in [3.8, 4) is 11.8 Å². The smallest absolute Gasteiger partial charge is 0.262 e. The summed E-state index contributed by atoms with van der Waals surface area (Å²) < 4.78 is 21.0. The second kappa shape index (κ2) is 15.1. The Labute approximate surface area is 343 Å². The molecule has 5 amide bonds. The number of carbonyl (C=O) groups is 5. The van der Waals surface area contributed by atoms with Crippen LogP contribution >= 0.6 is 0 Å². The molecule has 13 nitrogen and oxygen atoms in total. The highest BCUT2D eigenvalue weighted by atomic mass is 19.1. The van der Waals surface area contributed by atoms with Gasteiger partial charge in [0.15, 0.2) is 0 Å². The molecule has 59 heavy (non-hydrogen) atoms. The number of nitriles is 1. The molecule has 1 atom stereocenters. The van der Waals surface area contributed by atoms with Crippen LogP contribution in [0.25, 0.3) is 0 Å². The van der Waals surface area contributed by atoms with Gasteiger partial charge < -0.3 is 19.9 Å². The van der Waals surface area contributed by atoms with Gasteiger partial charge in [-0.15, -0.1) is 0 Å². The van der Waals surface area contributed by atoms with E-state index < -0.39 is 46.3 Å². The van der Waals surface area contributed by atoms with Crippen molar-refractivity contribution in [3.05, 3.63) is 88.2 Å². The van der Waals surface area contributed by atoms with Gasteiger partial charge in [-0.1, -0.05) is 27.7 Å². The molecule has 0 spiro atoms. The van der Waals surface area contributed by atoms with E-state index in [1.165, 1.54) is 6.07 Å². The molecular weight excluding hydrogens is 754 g/mol. The lowest BCUT2D eigenvalue weighted by atomic mass is 9.49. The molecule has 5 aliphatic rings. The Bertz CT molecular complexity index is 2250. The van der Waals surface area contributed by atoms with Gasteiger partial charge in [-0.3, -0.25) is 39.1 Å². The lowest BCUT2D eigenvalue weighted by Crippen LogP contribution is -2.74. The molecule has 0 aromatic heterocycles. The molecule has 0 radical (unpaired) electrons. The maximum atomic E-state index is 14.7. The molecule has 308 valence electrons. The highest BCUT2D eigenvalue weighted by Crippen LogP contribution is 2.56. The molecule has 3 aromatic carbocycles. The standard InChI is InChI=1S/C45H50FN7O6/c1-26-35(14-8-28(25-47)37(26)46)59-43-44(2,3)42(45(43,4)5)49-38(55)27-6-9-29(10-7-27)51-20-22-52(23-21-51)30-16-18-50(19-17-30)31-11-12-32-33(24-31)41(58)53(40(32)57)34-13-15-36(54)48-39(34)56/h6-12,14,24,30,34,42-43H,13,15-23H2,1-5H3,(H,49,55)(H,48,54,56). The topological polar surface area (TPSA) is 155 Å². The average Bonchev–Trinajstić information content (AvgIpc) is 3.48. The average molecular weight is 804 g/mol. The molecule has 1 saturated carbocycles. The maximum Gasteiger partial charge on any atom is 0.262 e. The first-order valence-electron chi connectivity index (χ1n) is 20.5. The highest BCUT2D eigenvalue weighted by Gasteiger charge is 2.64. The number of anilines is 2. The minimum Gasteiger partial charge on any atom is -0.489 e. The van der Waals surface area contributed by atoms with Crippen LogP contribution in [0.5, 0.6) is 5.75 Å². The summed E-state index contributed by atoms with van der Waals surface area (Å²) in [7, 11) is 0. The lowest BCUT2D eigenvalue weighted by Gasteiger charge is -2.63. The SMILES string of the molecule is Cc1c(OC2C(C)(C)C(NC(=O)c3ccc(N4CCN(C5CCN(c6ccc7c(c6)C(=O)N(C6CCC(=O)NC6=O)C7=O)CC5)CC4)cc3)C2(C)C)ccc(C#N)c1F. The minimum atomic E-state index is -0.984. The van der Waals surface area contributed by atoms with Gasteiger partial charge in [0.1, 0.15) is 29.8 Å². The molecule has 4 fully saturated rings. The number of piperidine rings is 2. The van der Waals surface area contributed by atoms with E-state index in [1.54, 1.807) is 25.1 Å². The van der Waals surface area contributed by atoms with E-state index in [0.29, 0.717) is 28.5 Å². The maximum absolute atomic E-state index is 14.7. The Morgan fingerprint density at radius 1 is 0.831 bits per heavy atom. The Balaban J connectivity index is 0.815. The normalized spacial score (nSPS) is 24.3. The summed E-state index contributed by atoms with van der Waals surface area (Å²) in [5.74, 6) is -2.35. The van der Waals surface area contributed by atoms with Crippen LogP contribution in [-0.4, -0.2) is 103 Å². The van der Waals surface area contributed by atoms with Gasteiger partial charge in [0.2, 0.25) is 11.8 Å². The van der Waals surface area contributed by atoms with Crippen LogP contribution in [0.4, 0.5) is 15.8 Å². The molecule has 1 unspecified atom stereocenters. The fraction of sp³-hybridized carbons (Fsp3) is 0.467. The fourth-order valence-electron chi connectivity index (χ4n) is 10.3. The van der Waals surface area contributed by atoms with E-state index in [4.69, 9.17) is 4.74 Å².